The van der Waals surface area contributed by atoms with Gasteiger partial charge in [-0.3, -0.25) is 18.9 Å². The van der Waals surface area contributed by atoms with E-state index in [0.29, 0.717) is 24.4 Å². The van der Waals surface area contributed by atoms with Crippen molar-refractivity contribution in [2.45, 2.75) is 59.1 Å². The molecule has 0 spiro atoms. The third-order valence-corrected chi connectivity index (χ3v) is 7.48. The molecular weight excluding hydrogens is 516 g/mol. The Kier molecular flexibility index (Phi) is 6.69. The maximum atomic E-state index is 14.1. The highest BCUT2D eigenvalue weighted by molar-refractivity contribution is 5.80. The van der Waals surface area contributed by atoms with E-state index in [0.717, 1.165) is 63.5 Å². The zero-order valence-corrected chi connectivity index (χ0v) is 23.7. The summed E-state index contributed by atoms with van der Waals surface area (Å²) >= 11 is 0. The van der Waals surface area contributed by atoms with Gasteiger partial charge in [0.1, 0.15) is 17.2 Å². The Morgan fingerprint density at radius 1 is 0.976 bits per heavy atom. The smallest absolute Gasteiger partial charge is 0.439 e. The summed E-state index contributed by atoms with van der Waals surface area (Å²) in [5.74, 6) is 1.45. The van der Waals surface area contributed by atoms with Gasteiger partial charge in [-0.1, -0.05) is 66.7 Å². The fourth-order valence-corrected chi connectivity index (χ4v) is 5.65. The summed E-state index contributed by atoms with van der Waals surface area (Å²) < 4.78 is 12.6. The van der Waals surface area contributed by atoms with Crippen molar-refractivity contribution >= 4 is 0 Å². The van der Waals surface area contributed by atoms with Gasteiger partial charge in [0.25, 0.3) is 5.56 Å². The number of ether oxygens (including phenoxy) is 1. The summed E-state index contributed by atoms with van der Waals surface area (Å²) in [6.45, 7) is 8.57. The number of rotatable bonds is 7. The molecule has 0 bridgehead atoms. The zero-order valence-electron chi connectivity index (χ0n) is 23.7. The van der Waals surface area contributed by atoms with Crippen molar-refractivity contribution in [3.05, 3.63) is 110 Å². The second kappa shape index (κ2) is 10.4. The molecule has 41 heavy (non-hydrogen) atoms. The number of benzene rings is 3. The van der Waals surface area contributed by atoms with Crippen LogP contribution in [0.15, 0.2) is 80.8 Å². The van der Waals surface area contributed by atoms with Crippen LogP contribution in [0.2, 0.25) is 0 Å². The molecule has 2 aromatic heterocycles. The number of aromatic amines is 1. The monoisotopic (exact) mass is 548 g/mol. The van der Waals surface area contributed by atoms with Crippen molar-refractivity contribution in [2.24, 2.45) is 0 Å². The minimum absolute atomic E-state index is 0.0384. The average Bonchev–Trinajstić information content (AvgIpc) is 3.52. The van der Waals surface area contributed by atoms with Crippen LogP contribution in [-0.2, 0) is 19.4 Å². The van der Waals surface area contributed by atoms with E-state index in [1.807, 2.05) is 72.2 Å². The Hall–Kier alpha value is -4.72. The van der Waals surface area contributed by atoms with Gasteiger partial charge in [-0.2, -0.15) is 0 Å². The Balaban J connectivity index is 1.36. The molecule has 1 N–H and O–H groups in total. The van der Waals surface area contributed by atoms with E-state index in [4.69, 9.17) is 14.2 Å². The molecule has 0 fully saturated rings. The molecule has 0 radical (unpaired) electrons. The van der Waals surface area contributed by atoms with Crippen molar-refractivity contribution in [3.8, 4) is 39.4 Å². The fourth-order valence-electron chi connectivity index (χ4n) is 5.65. The molecule has 0 aliphatic carbocycles. The van der Waals surface area contributed by atoms with Crippen LogP contribution in [-0.4, -0.2) is 25.3 Å². The first-order chi connectivity index (χ1) is 19.7. The number of nitrogens with one attached hydrogen (secondary N) is 1. The lowest BCUT2D eigenvalue weighted by molar-refractivity contribution is 0.138. The lowest BCUT2D eigenvalue weighted by atomic mass is 9.97. The van der Waals surface area contributed by atoms with E-state index >= 15 is 0 Å². The van der Waals surface area contributed by atoms with Crippen LogP contribution < -0.4 is 16.1 Å². The Morgan fingerprint density at radius 3 is 2.41 bits per heavy atom. The Bertz CT molecular complexity index is 1860. The highest BCUT2D eigenvalue weighted by Gasteiger charge is 2.30. The Morgan fingerprint density at radius 2 is 1.71 bits per heavy atom. The lowest BCUT2D eigenvalue weighted by Crippen LogP contribution is -2.28. The zero-order chi connectivity index (χ0) is 28.7. The average molecular weight is 549 g/mol. The molecular formula is C33H32N4O4. The maximum absolute atomic E-state index is 14.1. The van der Waals surface area contributed by atoms with Crippen molar-refractivity contribution < 1.29 is 9.26 Å². The number of aromatic nitrogens is 4. The Labute approximate surface area is 237 Å². The molecule has 8 heteroatoms. The van der Waals surface area contributed by atoms with Crippen molar-refractivity contribution in [3.63, 3.8) is 0 Å². The van der Waals surface area contributed by atoms with E-state index in [1.54, 1.807) is 0 Å². The van der Waals surface area contributed by atoms with E-state index in [2.05, 4.69) is 37.0 Å². The first-order valence-electron chi connectivity index (χ1n) is 13.9. The summed E-state index contributed by atoms with van der Waals surface area (Å²) in [5, 5.41) is 3.85. The molecule has 1 aliphatic rings. The minimum atomic E-state index is -0.596. The van der Waals surface area contributed by atoms with Gasteiger partial charge in [0.05, 0.1) is 17.8 Å². The van der Waals surface area contributed by atoms with Crippen molar-refractivity contribution in [1.82, 2.24) is 19.7 Å². The fraction of sp³-hybridized carbons (Fsp3) is 0.273. The molecule has 3 heterocycles. The topological polar surface area (TPSA) is 103 Å². The van der Waals surface area contributed by atoms with Crippen LogP contribution in [0, 0.1) is 6.92 Å². The summed E-state index contributed by atoms with van der Waals surface area (Å²) in [6.07, 6.45) is 2.40. The predicted octanol–water partition coefficient (Wildman–Crippen LogP) is 5.94. The van der Waals surface area contributed by atoms with Gasteiger partial charge in [0.15, 0.2) is 5.82 Å². The highest BCUT2D eigenvalue weighted by Crippen LogP contribution is 2.37. The maximum Gasteiger partial charge on any atom is 0.439 e. The number of fused-ring (bicyclic) bond motifs is 1. The second-order valence-electron chi connectivity index (χ2n) is 11.2. The number of hydrogen-bond acceptors (Lipinski definition) is 6. The predicted molar refractivity (Wildman–Crippen MR) is 158 cm³/mol. The van der Waals surface area contributed by atoms with Crippen LogP contribution >= 0.6 is 0 Å². The number of H-pyrrole nitrogens is 1. The molecule has 0 atom stereocenters. The van der Waals surface area contributed by atoms with Gasteiger partial charge in [-0.25, -0.2) is 9.78 Å². The van der Waals surface area contributed by atoms with E-state index in [9.17, 15) is 9.59 Å². The van der Waals surface area contributed by atoms with Crippen LogP contribution in [0.1, 0.15) is 49.8 Å². The second-order valence-corrected chi connectivity index (χ2v) is 11.2. The first-order valence-corrected chi connectivity index (χ1v) is 13.9. The van der Waals surface area contributed by atoms with Gasteiger partial charge < -0.3 is 4.74 Å². The molecule has 5 aromatic rings. The summed E-state index contributed by atoms with van der Waals surface area (Å²) in [6, 6.07) is 21.8. The summed E-state index contributed by atoms with van der Waals surface area (Å²) in [7, 11) is 0. The van der Waals surface area contributed by atoms with E-state index in [1.165, 1.54) is 0 Å². The molecule has 0 amide bonds. The molecule has 0 unspecified atom stereocenters. The van der Waals surface area contributed by atoms with Gasteiger partial charge in [-0.15, -0.1) is 0 Å². The molecule has 0 saturated heterocycles. The van der Waals surface area contributed by atoms with E-state index in [-0.39, 0.29) is 11.2 Å². The largest absolute Gasteiger partial charge is 0.487 e. The molecule has 0 saturated carbocycles. The van der Waals surface area contributed by atoms with Crippen molar-refractivity contribution in [2.75, 3.05) is 0 Å². The van der Waals surface area contributed by atoms with Gasteiger partial charge in [-0.05, 0) is 67.1 Å². The highest BCUT2D eigenvalue weighted by atomic mass is 16.5. The molecule has 8 nitrogen and oxygen atoms in total. The van der Waals surface area contributed by atoms with Gasteiger partial charge in [0.2, 0.25) is 0 Å². The number of nitrogens with zero attached hydrogens (tertiary/aromatic N) is 3. The normalized spacial score (nSPS) is 13.7. The van der Waals surface area contributed by atoms with Crippen LogP contribution in [0.25, 0.3) is 33.6 Å². The van der Waals surface area contributed by atoms with E-state index < -0.39 is 5.76 Å². The van der Waals surface area contributed by atoms with Crippen LogP contribution in [0.5, 0.6) is 5.75 Å². The third-order valence-electron chi connectivity index (χ3n) is 7.48. The number of hydrogen-bond donors (Lipinski definition) is 1. The molecule has 208 valence electrons. The van der Waals surface area contributed by atoms with Crippen LogP contribution in [0.3, 0.4) is 0 Å². The molecule has 1 aliphatic heterocycles. The SMILES string of the molecule is CCCc1nc(C)c(-c2ccc3c(c2)CC(C)(C)O3)c(=O)n1Cc1ccc(-c2ccccc2-c2noc(=O)[nH]2)cc1. The quantitative estimate of drug-likeness (QED) is 0.270. The van der Waals surface area contributed by atoms with Gasteiger partial charge in [0, 0.05) is 18.4 Å². The summed E-state index contributed by atoms with van der Waals surface area (Å²) in [4.78, 5) is 33.1. The summed E-state index contributed by atoms with van der Waals surface area (Å²) in [5.41, 5.74) is 6.69. The number of aryl methyl sites for hydroxylation is 2. The lowest BCUT2D eigenvalue weighted by Gasteiger charge is -2.17. The molecule has 6 rings (SSSR count). The minimum Gasteiger partial charge on any atom is -0.487 e. The van der Waals surface area contributed by atoms with Crippen LogP contribution in [0.4, 0.5) is 0 Å². The molecule has 3 aromatic carbocycles. The van der Waals surface area contributed by atoms with Gasteiger partial charge >= 0.3 is 5.76 Å². The van der Waals surface area contributed by atoms with Crippen molar-refractivity contribution in [1.29, 1.82) is 0 Å². The third kappa shape index (κ3) is 5.13. The standard InChI is InChI=1S/C33H32N4O4/c1-5-8-28-34-20(2)29(23-15-16-27-24(17-23)18-33(3,4)40-27)31(38)37(28)19-21-11-13-22(14-12-21)25-9-6-7-10-26(25)30-35-32(39)41-36-30/h6-7,9-17H,5,8,18-19H2,1-4H3,(H,35,36,39). The first kappa shape index (κ1) is 26.5.